The quantitative estimate of drug-likeness (QED) is 0.746. The van der Waals surface area contributed by atoms with Crippen molar-refractivity contribution < 1.29 is 9.13 Å². The van der Waals surface area contributed by atoms with Crippen molar-refractivity contribution in [3.63, 3.8) is 0 Å². The van der Waals surface area contributed by atoms with Gasteiger partial charge in [0.2, 0.25) is 0 Å². The Kier molecular flexibility index (Phi) is 4.59. The van der Waals surface area contributed by atoms with Crippen molar-refractivity contribution >= 4 is 0 Å². The lowest BCUT2D eigenvalue weighted by atomic mass is 10.1. The normalized spacial score (nSPS) is 16.6. The maximum Gasteiger partial charge on any atom is 0.165 e. The molecule has 0 aliphatic heterocycles. The van der Waals surface area contributed by atoms with E-state index in [0.29, 0.717) is 5.75 Å². The fraction of sp³-hybridized carbons (Fsp3) is 0.600. The van der Waals surface area contributed by atoms with Crippen molar-refractivity contribution in [1.82, 2.24) is 5.32 Å². The third kappa shape index (κ3) is 3.70. The first-order chi connectivity index (χ1) is 8.70. The summed E-state index contributed by atoms with van der Waals surface area (Å²) in [7, 11) is 1.50. The van der Waals surface area contributed by atoms with Crippen molar-refractivity contribution in [3.05, 3.63) is 29.6 Å². The van der Waals surface area contributed by atoms with E-state index in [1.165, 1.54) is 38.9 Å². The summed E-state index contributed by atoms with van der Waals surface area (Å²) in [5.74, 6) is 1.01. The predicted molar refractivity (Wildman–Crippen MR) is 71.3 cm³/mol. The molecule has 1 aliphatic rings. The van der Waals surface area contributed by atoms with Crippen LogP contribution in [0.15, 0.2) is 18.2 Å². The Hall–Kier alpha value is -1.09. The van der Waals surface area contributed by atoms with E-state index in [9.17, 15) is 4.39 Å². The first-order valence-electron chi connectivity index (χ1n) is 6.77. The Bertz CT molecular complexity index is 390. The van der Waals surface area contributed by atoms with Gasteiger partial charge in [0.05, 0.1) is 7.11 Å². The maximum atomic E-state index is 13.3. The molecule has 1 saturated carbocycles. The van der Waals surface area contributed by atoms with Gasteiger partial charge in [-0.15, -0.1) is 0 Å². The summed E-state index contributed by atoms with van der Waals surface area (Å²) in [6, 6.07) is 5.29. The number of halogens is 1. The Labute approximate surface area is 109 Å². The van der Waals surface area contributed by atoms with Crippen LogP contribution in [0.5, 0.6) is 5.75 Å². The van der Waals surface area contributed by atoms with Gasteiger partial charge in [0.15, 0.2) is 11.6 Å². The van der Waals surface area contributed by atoms with Crippen LogP contribution in [0.4, 0.5) is 4.39 Å². The van der Waals surface area contributed by atoms with E-state index in [1.807, 2.05) is 6.07 Å². The van der Waals surface area contributed by atoms with Crippen LogP contribution in [0.1, 0.15) is 44.2 Å². The molecule has 1 fully saturated rings. The van der Waals surface area contributed by atoms with Gasteiger partial charge in [-0.25, -0.2) is 4.39 Å². The average Bonchev–Trinajstić information content (AvgIpc) is 3.19. The van der Waals surface area contributed by atoms with Crippen molar-refractivity contribution in [1.29, 1.82) is 0 Å². The molecule has 2 rings (SSSR count). The molecule has 18 heavy (non-hydrogen) atoms. The molecule has 2 nitrogen and oxygen atoms in total. The van der Waals surface area contributed by atoms with Crippen LogP contribution < -0.4 is 10.1 Å². The van der Waals surface area contributed by atoms with Crippen LogP contribution in [-0.4, -0.2) is 13.7 Å². The topological polar surface area (TPSA) is 21.3 Å². The zero-order valence-corrected chi connectivity index (χ0v) is 11.2. The van der Waals surface area contributed by atoms with E-state index in [-0.39, 0.29) is 11.9 Å². The molecule has 1 atom stereocenters. The molecule has 1 aromatic rings. The minimum absolute atomic E-state index is 0.235. The van der Waals surface area contributed by atoms with Gasteiger partial charge in [-0.05, 0) is 49.9 Å². The highest BCUT2D eigenvalue weighted by Gasteiger charge is 2.20. The molecule has 100 valence electrons. The van der Waals surface area contributed by atoms with Crippen molar-refractivity contribution in [2.24, 2.45) is 5.92 Å². The Balaban J connectivity index is 1.81. The van der Waals surface area contributed by atoms with Crippen LogP contribution in [0, 0.1) is 11.7 Å². The van der Waals surface area contributed by atoms with Crippen molar-refractivity contribution in [3.8, 4) is 5.75 Å². The van der Waals surface area contributed by atoms with E-state index >= 15 is 0 Å². The molecule has 0 radical (unpaired) electrons. The largest absolute Gasteiger partial charge is 0.494 e. The molecule has 0 aromatic heterocycles. The van der Waals surface area contributed by atoms with E-state index in [2.05, 4.69) is 12.2 Å². The Morgan fingerprint density at radius 2 is 2.22 bits per heavy atom. The molecule has 0 saturated heterocycles. The first kappa shape index (κ1) is 13.3. The van der Waals surface area contributed by atoms with Gasteiger partial charge in [-0.2, -0.15) is 0 Å². The molecular weight excluding hydrogens is 229 g/mol. The molecule has 1 N–H and O–H groups in total. The SMILES string of the molecule is COc1cc(C(C)NCCCC2CC2)ccc1F. The third-order valence-electron chi connectivity index (χ3n) is 3.61. The van der Waals surface area contributed by atoms with E-state index in [0.717, 1.165) is 18.0 Å². The molecule has 1 aromatic carbocycles. The number of ether oxygens (including phenoxy) is 1. The summed E-state index contributed by atoms with van der Waals surface area (Å²) in [5.41, 5.74) is 1.07. The highest BCUT2D eigenvalue weighted by molar-refractivity contribution is 5.31. The summed E-state index contributed by atoms with van der Waals surface area (Å²) >= 11 is 0. The minimum Gasteiger partial charge on any atom is -0.494 e. The predicted octanol–water partition coefficient (Wildman–Crippen LogP) is 3.68. The van der Waals surface area contributed by atoms with Gasteiger partial charge in [0.25, 0.3) is 0 Å². The van der Waals surface area contributed by atoms with Crippen LogP contribution in [0.3, 0.4) is 0 Å². The zero-order valence-electron chi connectivity index (χ0n) is 11.2. The van der Waals surface area contributed by atoms with E-state index in [1.54, 1.807) is 6.07 Å². The molecule has 1 unspecified atom stereocenters. The molecule has 1 aliphatic carbocycles. The standard InChI is InChI=1S/C15H22FNO/c1-11(17-9-3-4-12-5-6-12)13-7-8-14(16)15(10-13)18-2/h7-8,10-12,17H,3-6,9H2,1-2H3. The summed E-state index contributed by atoms with van der Waals surface area (Å²) in [6.45, 7) is 3.13. The number of methoxy groups -OCH3 is 1. The van der Waals surface area contributed by atoms with Gasteiger partial charge in [-0.1, -0.05) is 18.9 Å². The summed E-state index contributed by atoms with van der Waals surface area (Å²) in [5, 5.41) is 3.47. The first-order valence-corrected chi connectivity index (χ1v) is 6.77. The molecular formula is C15H22FNO. The van der Waals surface area contributed by atoms with Gasteiger partial charge < -0.3 is 10.1 Å². The van der Waals surface area contributed by atoms with Gasteiger partial charge in [0.1, 0.15) is 0 Å². The Morgan fingerprint density at radius 3 is 2.89 bits per heavy atom. The molecule has 0 heterocycles. The van der Waals surface area contributed by atoms with Gasteiger partial charge in [0, 0.05) is 6.04 Å². The van der Waals surface area contributed by atoms with Crippen LogP contribution in [-0.2, 0) is 0 Å². The average molecular weight is 251 g/mol. The second kappa shape index (κ2) is 6.19. The number of rotatable bonds is 7. The van der Waals surface area contributed by atoms with Gasteiger partial charge >= 0.3 is 0 Å². The van der Waals surface area contributed by atoms with E-state index < -0.39 is 0 Å². The molecule has 0 bridgehead atoms. The van der Waals surface area contributed by atoms with Crippen molar-refractivity contribution in [2.45, 2.75) is 38.6 Å². The number of hydrogen-bond donors (Lipinski definition) is 1. The Morgan fingerprint density at radius 1 is 1.44 bits per heavy atom. The maximum absolute atomic E-state index is 13.3. The highest BCUT2D eigenvalue weighted by Crippen LogP contribution is 2.33. The fourth-order valence-corrected chi connectivity index (χ4v) is 2.18. The fourth-order valence-electron chi connectivity index (χ4n) is 2.18. The van der Waals surface area contributed by atoms with Crippen LogP contribution >= 0.6 is 0 Å². The number of hydrogen-bond acceptors (Lipinski definition) is 2. The monoisotopic (exact) mass is 251 g/mol. The molecule has 3 heteroatoms. The second-order valence-electron chi connectivity index (χ2n) is 5.16. The number of benzene rings is 1. The van der Waals surface area contributed by atoms with Crippen molar-refractivity contribution in [2.75, 3.05) is 13.7 Å². The van der Waals surface area contributed by atoms with E-state index in [4.69, 9.17) is 4.74 Å². The number of nitrogens with one attached hydrogen (secondary N) is 1. The lowest BCUT2D eigenvalue weighted by molar-refractivity contribution is 0.385. The van der Waals surface area contributed by atoms with Crippen LogP contribution in [0.25, 0.3) is 0 Å². The lowest BCUT2D eigenvalue weighted by Gasteiger charge is -2.15. The second-order valence-corrected chi connectivity index (χ2v) is 5.16. The lowest BCUT2D eigenvalue weighted by Crippen LogP contribution is -2.20. The summed E-state index contributed by atoms with van der Waals surface area (Å²) < 4.78 is 18.3. The summed E-state index contributed by atoms with van der Waals surface area (Å²) in [4.78, 5) is 0. The van der Waals surface area contributed by atoms with Crippen LogP contribution in [0.2, 0.25) is 0 Å². The minimum atomic E-state index is -0.304. The summed E-state index contributed by atoms with van der Waals surface area (Å²) in [6.07, 6.45) is 5.41. The zero-order chi connectivity index (χ0) is 13.0. The smallest absolute Gasteiger partial charge is 0.165 e. The molecule has 0 amide bonds. The highest BCUT2D eigenvalue weighted by atomic mass is 19.1. The molecule has 0 spiro atoms. The van der Waals surface area contributed by atoms with Gasteiger partial charge in [-0.3, -0.25) is 0 Å². The third-order valence-corrected chi connectivity index (χ3v) is 3.61.